The van der Waals surface area contributed by atoms with E-state index in [-0.39, 0.29) is 17.7 Å². The summed E-state index contributed by atoms with van der Waals surface area (Å²) in [5.74, 6) is 0.924. The Balaban J connectivity index is 1.42. The Kier molecular flexibility index (Phi) is 7.90. The molecule has 0 bridgehead atoms. The lowest BCUT2D eigenvalue weighted by Gasteiger charge is -2.30. The number of carbonyl (C=O) groups excluding carboxylic acids is 2. The summed E-state index contributed by atoms with van der Waals surface area (Å²) < 4.78 is 0. The van der Waals surface area contributed by atoms with Gasteiger partial charge in [0.1, 0.15) is 0 Å². The number of piperidine rings is 1. The Morgan fingerprint density at radius 3 is 2.71 bits per heavy atom. The van der Waals surface area contributed by atoms with Crippen molar-refractivity contribution in [3.63, 3.8) is 0 Å². The average Bonchev–Trinajstić information content (AvgIpc) is 2.72. The van der Waals surface area contributed by atoms with Gasteiger partial charge in [0.2, 0.25) is 5.91 Å². The number of carbonyl (C=O) groups is 2. The molecule has 5 nitrogen and oxygen atoms in total. The molecule has 1 aromatic carbocycles. The molecule has 1 saturated heterocycles. The van der Waals surface area contributed by atoms with E-state index in [0.717, 1.165) is 44.6 Å². The molecule has 0 radical (unpaired) electrons. The van der Waals surface area contributed by atoms with Gasteiger partial charge in [-0.15, -0.1) is 0 Å². The van der Waals surface area contributed by atoms with Crippen molar-refractivity contribution in [2.45, 2.75) is 58.3 Å². The van der Waals surface area contributed by atoms with Crippen LogP contribution >= 0.6 is 0 Å². The lowest BCUT2D eigenvalue weighted by molar-refractivity contribution is -0.120. The van der Waals surface area contributed by atoms with Crippen molar-refractivity contribution in [3.05, 3.63) is 29.8 Å². The summed E-state index contributed by atoms with van der Waals surface area (Å²) in [5.41, 5.74) is 1.32. The molecule has 1 atom stereocenters. The summed E-state index contributed by atoms with van der Waals surface area (Å²) in [6.07, 6.45) is 9.04. The lowest BCUT2D eigenvalue weighted by atomic mass is 9.88. The fourth-order valence-electron chi connectivity index (χ4n) is 4.44. The van der Waals surface area contributed by atoms with Crippen molar-refractivity contribution >= 4 is 17.5 Å². The Bertz CT molecular complexity index is 655. The first-order valence-electron chi connectivity index (χ1n) is 11.0. The SMILES string of the molecule is CC1CCCN(CCCNC(=O)c2cccc(NC(=O)C3CCCCC3)c2)C1. The number of rotatable bonds is 7. The maximum absolute atomic E-state index is 12.5. The largest absolute Gasteiger partial charge is 0.352 e. The second-order valence-corrected chi connectivity index (χ2v) is 8.56. The van der Waals surface area contributed by atoms with Crippen molar-refractivity contribution in [1.29, 1.82) is 0 Å². The maximum Gasteiger partial charge on any atom is 0.251 e. The fraction of sp³-hybridized carbons (Fsp3) is 0.652. The Morgan fingerprint density at radius 2 is 1.93 bits per heavy atom. The zero-order valence-electron chi connectivity index (χ0n) is 17.2. The molecule has 2 amide bonds. The summed E-state index contributed by atoms with van der Waals surface area (Å²) >= 11 is 0. The molecule has 0 aromatic heterocycles. The van der Waals surface area contributed by atoms with Crippen LogP contribution in [0.2, 0.25) is 0 Å². The fourth-order valence-corrected chi connectivity index (χ4v) is 4.44. The van der Waals surface area contributed by atoms with Gasteiger partial charge in [-0.2, -0.15) is 0 Å². The van der Waals surface area contributed by atoms with E-state index in [4.69, 9.17) is 0 Å². The van der Waals surface area contributed by atoms with E-state index in [1.807, 2.05) is 12.1 Å². The van der Waals surface area contributed by atoms with Gasteiger partial charge >= 0.3 is 0 Å². The molecule has 1 unspecified atom stereocenters. The molecule has 1 aliphatic carbocycles. The number of likely N-dealkylation sites (tertiary alicyclic amines) is 1. The van der Waals surface area contributed by atoms with E-state index in [9.17, 15) is 9.59 Å². The minimum atomic E-state index is -0.0687. The van der Waals surface area contributed by atoms with Gasteiger partial charge in [0.15, 0.2) is 0 Å². The standard InChI is InChI=1S/C23H35N3O2/c1-18-8-6-14-26(17-18)15-7-13-24-22(27)20-11-5-12-21(16-20)25-23(28)19-9-3-2-4-10-19/h5,11-12,16,18-19H,2-4,6-10,13-15,17H2,1H3,(H,24,27)(H,25,28). The number of hydrogen-bond acceptors (Lipinski definition) is 3. The highest BCUT2D eigenvalue weighted by Crippen LogP contribution is 2.25. The van der Waals surface area contributed by atoms with Crippen LogP contribution in [0.4, 0.5) is 5.69 Å². The van der Waals surface area contributed by atoms with Crippen molar-refractivity contribution in [3.8, 4) is 0 Å². The normalized spacial score (nSPS) is 21.2. The van der Waals surface area contributed by atoms with Crippen molar-refractivity contribution in [2.24, 2.45) is 11.8 Å². The number of nitrogens with zero attached hydrogens (tertiary/aromatic N) is 1. The van der Waals surface area contributed by atoms with Crippen LogP contribution in [-0.4, -0.2) is 42.9 Å². The van der Waals surface area contributed by atoms with Crippen molar-refractivity contribution in [2.75, 3.05) is 31.5 Å². The number of hydrogen-bond donors (Lipinski definition) is 2. The van der Waals surface area contributed by atoms with Crippen LogP contribution in [-0.2, 0) is 4.79 Å². The topological polar surface area (TPSA) is 61.4 Å². The predicted octanol–water partition coefficient (Wildman–Crippen LogP) is 4.06. The van der Waals surface area contributed by atoms with Gasteiger partial charge in [-0.05, 0) is 69.3 Å². The van der Waals surface area contributed by atoms with Crippen LogP contribution in [0.5, 0.6) is 0 Å². The first-order valence-corrected chi connectivity index (χ1v) is 11.0. The summed E-state index contributed by atoms with van der Waals surface area (Å²) in [6, 6.07) is 7.27. The monoisotopic (exact) mass is 385 g/mol. The van der Waals surface area contributed by atoms with Crippen LogP contribution in [0.1, 0.15) is 68.6 Å². The van der Waals surface area contributed by atoms with Crippen LogP contribution in [0, 0.1) is 11.8 Å². The molecule has 2 N–H and O–H groups in total. The molecule has 1 heterocycles. The van der Waals surface area contributed by atoms with Crippen molar-refractivity contribution in [1.82, 2.24) is 10.2 Å². The molecule has 2 fully saturated rings. The number of benzene rings is 1. The van der Waals surface area contributed by atoms with Crippen molar-refractivity contribution < 1.29 is 9.59 Å². The average molecular weight is 386 g/mol. The van der Waals surface area contributed by atoms with E-state index < -0.39 is 0 Å². The maximum atomic E-state index is 12.5. The molecule has 3 rings (SSSR count). The smallest absolute Gasteiger partial charge is 0.251 e. The van der Waals surface area contributed by atoms with E-state index in [1.54, 1.807) is 12.1 Å². The van der Waals surface area contributed by atoms with Crippen LogP contribution in [0.15, 0.2) is 24.3 Å². The highest BCUT2D eigenvalue weighted by molar-refractivity contribution is 5.97. The Labute approximate surface area is 169 Å². The van der Waals surface area contributed by atoms with Crippen LogP contribution < -0.4 is 10.6 Å². The molecule has 1 aromatic rings. The molecule has 28 heavy (non-hydrogen) atoms. The second kappa shape index (κ2) is 10.6. The molecule has 5 heteroatoms. The number of anilines is 1. The lowest BCUT2D eigenvalue weighted by Crippen LogP contribution is -2.36. The highest BCUT2D eigenvalue weighted by Gasteiger charge is 2.21. The van der Waals surface area contributed by atoms with Gasteiger partial charge < -0.3 is 15.5 Å². The van der Waals surface area contributed by atoms with E-state index >= 15 is 0 Å². The summed E-state index contributed by atoms with van der Waals surface area (Å²) in [5, 5.41) is 6.01. The molecule has 2 aliphatic rings. The van der Waals surface area contributed by atoms with Crippen LogP contribution in [0.25, 0.3) is 0 Å². The first kappa shape index (κ1) is 20.8. The third-order valence-corrected chi connectivity index (χ3v) is 6.05. The predicted molar refractivity (Wildman–Crippen MR) is 113 cm³/mol. The van der Waals surface area contributed by atoms with Gasteiger partial charge in [-0.25, -0.2) is 0 Å². The van der Waals surface area contributed by atoms with Crippen LogP contribution in [0.3, 0.4) is 0 Å². The van der Waals surface area contributed by atoms with E-state index in [1.165, 1.54) is 32.4 Å². The molecular weight excluding hydrogens is 350 g/mol. The highest BCUT2D eigenvalue weighted by atomic mass is 16.2. The van der Waals surface area contributed by atoms with E-state index in [2.05, 4.69) is 22.5 Å². The molecular formula is C23H35N3O2. The van der Waals surface area contributed by atoms with E-state index in [0.29, 0.717) is 17.8 Å². The molecule has 1 saturated carbocycles. The zero-order valence-corrected chi connectivity index (χ0v) is 17.2. The third kappa shape index (κ3) is 6.33. The third-order valence-electron chi connectivity index (χ3n) is 6.05. The molecule has 1 aliphatic heterocycles. The van der Waals surface area contributed by atoms with Gasteiger partial charge in [0.25, 0.3) is 5.91 Å². The molecule has 0 spiro atoms. The number of amides is 2. The van der Waals surface area contributed by atoms with Gasteiger partial charge in [-0.1, -0.05) is 32.3 Å². The van der Waals surface area contributed by atoms with Gasteiger partial charge in [0.05, 0.1) is 0 Å². The Hall–Kier alpha value is -1.88. The van der Waals surface area contributed by atoms with Gasteiger partial charge in [0, 0.05) is 30.3 Å². The minimum Gasteiger partial charge on any atom is -0.352 e. The zero-order chi connectivity index (χ0) is 19.8. The summed E-state index contributed by atoms with van der Waals surface area (Å²) in [7, 11) is 0. The number of nitrogens with one attached hydrogen (secondary N) is 2. The minimum absolute atomic E-state index is 0.0687. The Morgan fingerprint density at radius 1 is 1.11 bits per heavy atom. The van der Waals surface area contributed by atoms with Gasteiger partial charge in [-0.3, -0.25) is 9.59 Å². The second-order valence-electron chi connectivity index (χ2n) is 8.56. The quantitative estimate of drug-likeness (QED) is 0.696. The first-order chi connectivity index (χ1) is 13.6. The summed E-state index contributed by atoms with van der Waals surface area (Å²) in [4.78, 5) is 27.4. The molecule has 154 valence electrons. The summed E-state index contributed by atoms with van der Waals surface area (Å²) in [6.45, 7) is 6.40.